The van der Waals surface area contributed by atoms with E-state index in [1.807, 2.05) is 0 Å². The molecule has 1 aromatic rings. The van der Waals surface area contributed by atoms with Crippen LogP contribution in [0.1, 0.15) is 5.69 Å². The van der Waals surface area contributed by atoms with Crippen LogP contribution in [0.4, 0.5) is 0 Å². The molecule has 0 radical (unpaired) electrons. The fourth-order valence-electron chi connectivity index (χ4n) is 0.491. The number of carbonyl (C=O) groups is 1. The maximum atomic E-state index is 9.77. The highest BCUT2D eigenvalue weighted by Gasteiger charge is 1.91. The van der Waals surface area contributed by atoms with E-state index in [-0.39, 0.29) is 5.88 Å². The van der Waals surface area contributed by atoms with Crippen LogP contribution in [0.2, 0.25) is 0 Å². The predicted molar refractivity (Wildman–Crippen MR) is 33.5 cm³/mol. The van der Waals surface area contributed by atoms with Crippen molar-refractivity contribution in [2.24, 2.45) is 0 Å². The second kappa shape index (κ2) is 2.91. The van der Waals surface area contributed by atoms with E-state index in [2.05, 4.69) is 14.7 Å². The molecular formula is C6H6N2O2. The summed E-state index contributed by atoms with van der Waals surface area (Å²) in [5, 5.41) is 0. The van der Waals surface area contributed by atoms with Gasteiger partial charge < -0.3 is 4.74 Å². The highest BCUT2D eigenvalue weighted by Crippen LogP contribution is 2.00. The first kappa shape index (κ1) is 6.67. The fraction of sp³-hybridized carbons (Fsp3) is 0.167. The fourth-order valence-corrected chi connectivity index (χ4v) is 0.491. The van der Waals surface area contributed by atoms with Gasteiger partial charge in [-0.2, -0.15) is 0 Å². The lowest BCUT2D eigenvalue weighted by molar-refractivity contribution is -0.120. The topological polar surface area (TPSA) is 52.1 Å². The molecule has 0 saturated heterocycles. The highest BCUT2D eigenvalue weighted by molar-refractivity contribution is 5.42. The Hall–Kier alpha value is -1.45. The summed E-state index contributed by atoms with van der Waals surface area (Å²) in [6.45, 7) is 2.12. The van der Waals surface area contributed by atoms with Crippen LogP contribution in [0, 0.1) is 6.92 Å². The lowest BCUT2D eigenvalue weighted by atomic mass is 10.5. The smallest absolute Gasteiger partial charge is 0.299 e. The minimum absolute atomic E-state index is 0.223. The Labute approximate surface area is 57.9 Å². The van der Waals surface area contributed by atoms with Crippen molar-refractivity contribution >= 4 is 6.47 Å². The Kier molecular flexibility index (Phi) is 1.94. The minimum atomic E-state index is 0.223. The number of ether oxygens (including phenoxy) is 1. The number of aromatic nitrogens is 2. The first-order chi connectivity index (χ1) is 4.83. The van der Waals surface area contributed by atoms with E-state index in [0.29, 0.717) is 6.47 Å². The Morgan fingerprint density at radius 2 is 2.30 bits per heavy atom. The van der Waals surface area contributed by atoms with Gasteiger partial charge in [-0.15, -0.1) is 0 Å². The summed E-state index contributed by atoms with van der Waals surface area (Å²) in [5.41, 5.74) is 0.790. The van der Waals surface area contributed by atoms with Crippen LogP contribution in [0.5, 0.6) is 5.88 Å². The van der Waals surface area contributed by atoms with Crippen LogP contribution in [0.15, 0.2) is 12.4 Å². The summed E-state index contributed by atoms with van der Waals surface area (Å²) in [5.74, 6) is 0.223. The van der Waals surface area contributed by atoms with Gasteiger partial charge in [0.1, 0.15) is 0 Å². The first-order valence-electron chi connectivity index (χ1n) is 2.72. The molecule has 0 aliphatic heterocycles. The molecule has 0 saturated carbocycles. The molecule has 0 fully saturated rings. The minimum Gasteiger partial charge on any atom is -0.408 e. The average Bonchev–Trinajstić information content (AvgIpc) is 1.95. The molecule has 0 bridgehead atoms. The monoisotopic (exact) mass is 138 g/mol. The van der Waals surface area contributed by atoms with Crippen molar-refractivity contribution in [2.45, 2.75) is 6.92 Å². The molecule has 52 valence electrons. The van der Waals surface area contributed by atoms with Crippen molar-refractivity contribution < 1.29 is 9.53 Å². The maximum absolute atomic E-state index is 9.77. The van der Waals surface area contributed by atoms with Gasteiger partial charge in [-0.3, -0.25) is 9.78 Å². The SMILES string of the molecule is Cc1cnc(OC=O)cn1. The second-order valence-corrected chi connectivity index (χ2v) is 1.71. The van der Waals surface area contributed by atoms with E-state index in [1.165, 1.54) is 12.4 Å². The van der Waals surface area contributed by atoms with Crippen LogP contribution in [0.25, 0.3) is 0 Å². The number of nitrogens with zero attached hydrogens (tertiary/aromatic N) is 2. The van der Waals surface area contributed by atoms with Crippen molar-refractivity contribution in [3.63, 3.8) is 0 Å². The average molecular weight is 138 g/mol. The zero-order valence-corrected chi connectivity index (χ0v) is 5.44. The lowest BCUT2D eigenvalue weighted by Gasteiger charge is -1.93. The summed E-state index contributed by atoms with van der Waals surface area (Å²) in [7, 11) is 0. The van der Waals surface area contributed by atoms with E-state index in [9.17, 15) is 4.79 Å². The molecule has 0 aliphatic carbocycles. The molecule has 10 heavy (non-hydrogen) atoms. The van der Waals surface area contributed by atoms with E-state index in [0.717, 1.165) is 5.69 Å². The molecule has 1 rings (SSSR count). The Balaban J connectivity index is 2.78. The summed E-state index contributed by atoms with van der Waals surface area (Å²) in [6, 6.07) is 0. The molecule has 0 atom stereocenters. The first-order valence-corrected chi connectivity index (χ1v) is 2.72. The molecular weight excluding hydrogens is 132 g/mol. The normalized spacial score (nSPS) is 8.90. The molecule has 0 spiro atoms. The van der Waals surface area contributed by atoms with Gasteiger partial charge in [0, 0.05) is 0 Å². The Morgan fingerprint density at radius 3 is 2.80 bits per heavy atom. The second-order valence-electron chi connectivity index (χ2n) is 1.71. The zero-order chi connectivity index (χ0) is 7.40. The van der Waals surface area contributed by atoms with Crippen LogP contribution >= 0.6 is 0 Å². The Bertz CT molecular complexity index is 220. The van der Waals surface area contributed by atoms with E-state index >= 15 is 0 Å². The van der Waals surface area contributed by atoms with Gasteiger partial charge in [-0.25, -0.2) is 4.98 Å². The van der Waals surface area contributed by atoms with Crippen molar-refractivity contribution in [1.82, 2.24) is 9.97 Å². The molecule has 0 unspecified atom stereocenters. The van der Waals surface area contributed by atoms with E-state index in [1.54, 1.807) is 6.92 Å². The quantitative estimate of drug-likeness (QED) is 0.552. The number of rotatable bonds is 2. The molecule has 4 heteroatoms. The predicted octanol–water partition coefficient (Wildman–Crippen LogP) is 0.320. The molecule has 0 N–H and O–H groups in total. The molecule has 0 aliphatic rings. The van der Waals surface area contributed by atoms with Crippen LogP contribution in [-0.4, -0.2) is 16.4 Å². The largest absolute Gasteiger partial charge is 0.408 e. The van der Waals surface area contributed by atoms with Crippen molar-refractivity contribution in [3.8, 4) is 5.88 Å². The molecule has 0 amide bonds. The van der Waals surface area contributed by atoms with Crippen molar-refractivity contribution in [2.75, 3.05) is 0 Å². The summed E-state index contributed by atoms with van der Waals surface area (Å²) < 4.78 is 4.41. The van der Waals surface area contributed by atoms with Crippen molar-refractivity contribution in [3.05, 3.63) is 18.1 Å². The molecule has 1 heterocycles. The summed E-state index contributed by atoms with van der Waals surface area (Å²) in [6.07, 6.45) is 2.92. The third-order valence-corrected chi connectivity index (χ3v) is 0.926. The summed E-state index contributed by atoms with van der Waals surface area (Å²) >= 11 is 0. The van der Waals surface area contributed by atoms with Gasteiger partial charge in [0.25, 0.3) is 6.47 Å². The number of hydrogen-bond acceptors (Lipinski definition) is 4. The third-order valence-electron chi connectivity index (χ3n) is 0.926. The molecule has 4 nitrogen and oxygen atoms in total. The number of hydrogen-bond donors (Lipinski definition) is 0. The number of aryl methyl sites for hydroxylation is 1. The van der Waals surface area contributed by atoms with Gasteiger partial charge >= 0.3 is 0 Å². The third kappa shape index (κ3) is 1.51. The standard InChI is InChI=1S/C6H6N2O2/c1-5-2-8-6(3-7-5)10-4-9/h2-4H,1H3. The van der Waals surface area contributed by atoms with E-state index in [4.69, 9.17) is 0 Å². The van der Waals surface area contributed by atoms with Gasteiger partial charge in [0.15, 0.2) is 0 Å². The molecule has 1 aromatic heterocycles. The van der Waals surface area contributed by atoms with Crippen LogP contribution in [-0.2, 0) is 4.79 Å². The zero-order valence-electron chi connectivity index (χ0n) is 5.44. The highest BCUT2D eigenvalue weighted by atomic mass is 16.5. The lowest BCUT2D eigenvalue weighted by Crippen LogP contribution is -1.92. The summed E-state index contributed by atoms with van der Waals surface area (Å²) in [4.78, 5) is 17.4. The van der Waals surface area contributed by atoms with Crippen LogP contribution in [0.3, 0.4) is 0 Å². The van der Waals surface area contributed by atoms with Gasteiger partial charge in [0.05, 0.1) is 18.1 Å². The van der Waals surface area contributed by atoms with Gasteiger partial charge in [-0.05, 0) is 6.92 Å². The number of carbonyl (C=O) groups excluding carboxylic acids is 1. The van der Waals surface area contributed by atoms with E-state index < -0.39 is 0 Å². The van der Waals surface area contributed by atoms with Crippen molar-refractivity contribution in [1.29, 1.82) is 0 Å². The van der Waals surface area contributed by atoms with Crippen LogP contribution < -0.4 is 4.74 Å². The molecule has 0 aromatic carbocycles. The van der Waals surface area contributed by atoms with Gasteiger partial charge in [0.2, 0.25) is 5.88 Å². The van der Waals surface area contributed by atoms with Gasteiger partial charge in [-0.1, -0.05) is 0 Å². The Morgan fingerprint density at radius 1 is 1.50 bits per heavy atom. The maximum Gasteiger partial charge on any atom is 0.299 e.